The van der Waals surface area contributed by atoms with Gasteiger partial charge in [-0.05, 0) is 37.0 Å². The molecule has 35 heavy (non-hydrogen) atoms. The van der Waals surface area contributed by atoms with Gasteiger partial charge in [0.1, 0.15) is 11.6 Å². The number of amides is 4. The van der Waals surface area contributed by atoms with Crippen molar-refractivity contribution < 1.29 is 28.7 Å². The van der Waals surface area contributed by atoms with Crippen LogP contribution in [0.1, 0.15) is 74.7 Å². The average Bonchev–Trinajstić information content (AvgIpc) is 3.45. The van der Waals surface area contributed by atoms with Crippen molar-refractivity contribution in [1.82, 2.24) is 21.3 Å². The third-order valence-corrected chi connectivity index (χ3v) is 5.38. The molecular formula is C25H44N4O6. The predicted octanol–water partition coefficient (Wildman–Crippen LogP) is 1.07. The van der Waals surface area contributed by atoms with Gasteiger partial charge in [0, 0.05) is 6.42 Å². The van der Waals surface area contributed by atoms with Gasteiger partial charge in [-0.25, -0.2) is 0 Å². The maximum Gasteiger partial charge on any atom is 0.243 e. The summed E-state index contributed by atoms with van der Waals surface area (Å²) >= 11 is 0. The normalized spacial score (nSPS) is 19.0. The van der Waals surface area contributed by atoms with Gasteiger partial charge in [-0.3, -0.25) is 24.0 Å². The van der Waals surface area contributed by atoms with Crippen molar-refractivity contribution in [1.29, 1.82) is 0 Å². The lowest BCUT2D eigenvalue weighted by atomic mass is 9.92. The second-order valence-corrected chi connectivity index (χ2v) is 11.6. The quantitative estimate of drug-likeness (QED) is 0.265. The topological polar surface area (TPSA) is 146 Å². The van der Waals surface area contributed by atoms with Gasteiger partial charge in [-0.15, -0.1) is 0 Å². The second-order valence-electron chi connectivity index (χ2n) is 11.6. The summed E-state index contributed by atoms with van der Waals surface area (Å²) in [5, 5.41) is 10.4. The predicted molar refractivity (Wildman–Crippen MR) is 132 cm³/mol. The zero-order valence-corrected chi connectivity index (χ0v) is 22.5. The molecule has 0 spiro atoms. The number of carbonyl (C=O) groups is 5. The molecule has 1 heterocycles. The van der Waals surface area contributed by atoms with Crippen LogP contribution in [0.4, 0.5) is 0 Å². The Kier molecular flexibility index (Phi) is 11.3. The summed E-state index contributed by atoms with van der Waals surface area (Å²) in [6.45, 7) is 15.0. The van der Waals surface area contributed by atoms with Crippen LogP contribution in [0.3, 0.4) is 0 Å². The van der Waals surface area contributed by atoms with E-state index in [0.29, 0.717) is 19.4 Å². The van der Waals surface area contributed by atoms with E-state index in [0.717, 1.165) is 0 Å². The van der Waals surface area contributed by atoms with Gasteiger partial charge >= 0.3 is 0 Å². The van der Waals surface area contributed by atoms with E-state index in [2.05, 4.69) is 21.3 Å². The fourth-order valence-electron chi connectivity index (χ4n) is 3.53. The zero-order chi connectivity index (χ0) is 27.0. The number of nitrogens with one attached hydrogen (secondary N) is 4. The molecule has 10 nitrogen and oxygen atoms in total. The first-order valence-corrected chi connectivity index (χ1v) is 12.3. The van der Waals surface area contributed by atoms with Crippen molar-refractivity contribution in [3.05, 3.63) is 0 Å². The summed E-state index contributed by atoms with van der Waals surface area (Å²) in [4.78, 5) is 62.2. The fourth-order valence-corrected chi connectivity index (χ4v) is 3.53. The Morgan fingerprint density at radius 1 is 0.800 bits per heavy atom. The molecule has 0 bridgehead atoms. The summed E-state index contributed by atoms with van der Waals surface area (Å²) in [6.07, 6.45) is 1.10. The highest BCUT2D eigenvalue weighted by Crippen LogP contribution is 2.29. The standard InChI is InChI=1S/C25H44N4O6/c1-15(2)9-17(22(33)25(8)14-35-25)28-21(32)13-27-23(34)18(10-16(3)4)29-20(31)12-26-19(30)11-24(5,6)7/h15-18H,9-14H2,1-8H3,(H,26,30)(H,27,34)(H,28,32)(H,29,31)/t17-,18-,25+/m0/s1. The van der Waals surface area contributed by atoms with Gasteiger partial charge in [-0.2, -0.15) is 0 Å². The van der Waals surface area contributed by atoms with E-state index in [-0.39, 0.29) is 48.5 Å². The third kappa shape index (κ3) is 12.2. The lowest BCUT2D eigenvalue weighted by molar-refractivity contribution is -0.132. The molecule has 1 aliphatic heterocycles. The SMILES string of the molecule is CC(C)C[C@H](NC(=O)CNC(=O)CC(C)(C)C)C(=O)NCC(=O)N[C@@H](CC(C)C)C(=O)[C@@]1(C)CO1. The molecule has 1 fully saturated rings. The van der Waals surface area contributed by atoms with Crippen molar-refractivity contribution in [3.8, 4) is 0 Å². The first-order chi connectivity index (χ1) is 16.0. The molecule has 1 aliphatic rings. The van der Waals surface area contributed by atoms with E-state index < -0.39 is 35.4 Å². The van der Waals surface area contributed by atoms with E-state index >= 15 is 0 Å². The lowest BCUT2D eigenvalue weighted by Gasteiger charge is -2.23. The molecule has 1 rings (SSSR count). The molecule has 0 aromatic heterocycles. The van der Waals surface area contributed by atoms with Crippen LogP contribution >= 0.6 is 0 Å². The third-order valence-electron chi connectivity index (χ3n) is 5.38. The van der Waals surface area contributed by atoms with Gasteiger partial charge in [0.2, 0.25) is 23.6 Å². The number of rotatable bonds is 14. The maximum absolute atomic E-state index is 12.7. The number of ether oxygens (including phenoxy) is 1. The summed E-state index contributed by atoms with van der Waals surface area (Å²) in [5.74, 6) is -1.64. The minimum atomic E-state index is -0.860. The molecule has 0 radical (unpaired) electrons. The Labute approximate surface area is 209 Å². The molecule has 0 aliphatic carbocycles. The van der Waals surface area contributed by atoms with Crippen molar-refractivity contribution in [2.24, 2.45) is 17.3 Å². The van der Waals surface area contributed by atoms with Crippen LogP contribution in [0.5, 0.6) is 0 Å². The molecule has 0 aromatic rings. The summed E-state index contributed by atoms with van der Waals surface area (Å²) in [6, 6.07) is -1.56. The zero-order valence-electron chi connectivity index (χ0n) is 22.5. The number of epoxide rings is 1. The second kappa shape index (κ2) is 13.0. The molecule has 4 amide bonds. The first-order valence-electron chi connectivity index (χ1n) is 12.3. The molecule has 10 heteroatoms. The number of hydrogen-bond donors (Lipinski definition) is 4. The fraction of sp³-hybridized carbons (Fsp3) is 0.800. The Balaban J connectivity index is 2.62. The highest BCUT2D eigenvalue weighted by atomic mass is 16.6. The lowest BCUT2D eigenvalue weighted by Crippen LogP contribution is -2.53. The molecule has 1 saturated heterocycles. The van der Waals surface area contributed by atoms with E-state index in [9.17, 15) is 24.0 Å². The molecule has 200 valence electrons. The van der Waals surface area contributed by atoms with Gasteiger partial charge < -0.3 is 26.0 Å². The highest BCUT2D eigenvalue weighted by molar-refractivity contribution is 5.97. The van der Waals surface area contributed by atoms with E-state index in [4.69, 9.17) is 4.74 Å². The Hall–Kier alpha value is -2.49. The van der Waals surface area contributed by atoms with Crippen molar-refractivity contribution >= 4 is 29.4 Å². The van der Waals surface area contributed by atoms with E-state index in [1.54, 1.807) is 6.92 Å². The Morgan fingerprint density at radius 2 is 1.26 bits per heavy atom. The highest BCUT2D eigenvalue weighted by Gasteiger charge is 2.50. The van der Waals surface area contributed by atoms with E-state index in [1.807, 2.05) is 48.5 Å². The minimum Gasteiger partial charge on any atom is -0.361 e. The number of ketones is 1. The summed E-state index contributed by atoms with van der Waals surface area (Å²) < 4.78 is 5.23. The number of carbonyl (C=O) groups excluding carboxylic acids is 5. The van der Waals surface area contributed by atoms with Gasteiger partial charge in [0.15, 0.2) is 5.78 Å². The number of Topliss-reactive ketones (excluding diaryl/α,β-unsaturated/α-hetero) is 1. The van der Waals surface area contributed by atoms with Gasteiger partial charge in [-0.1, -0.05) is 48.5 Å². The van der Waals surface area contributed by atoms with Gasteiger partial charge in [0.05, 0.1) is 25.7 Å². The van der Waals surface area contributed by atoms with E-state index in [1.165, 1.54) is 0 Å². The van der Waals surface area contributed by atoms with Crippen LogP contribution in [0.2, 0.25) is 0 Å². The first kappa shape index (κ1) is 30.5. The van der Waals surface area contributed by atoms with Crippen molar-refractivity contribution in [3.63, 3.8) is 0 Å². The Morgan fingerprint density at radius 3 is 1.71 bits per heavy atom. The van der Waals surface area contributed by atoms with Crippen molar-refractivity contribution in [2.75, 3.05) is 19.7 Å². The molecule has 0 aromatic carbocycles. The minimum absolute atomic E-state index is 0.0997. The van der Waals surface area contributed by atoms with Crippen LogP contribution in [-0.4, -0.2) is 66.8 Å². The summed E-state index contributed by atoms with van der Waals surface area (Å²) in [7, 11) is 0. The van der Waals surface area contributed by atoms with Crippen LogP contribution in [0, 0.1) is 17.3 Å². The molecule has 0 saturated carbocycles. The monoisotopic (exact) mass is 496 g/mol. The van der Waals surface area contributed by atoms with Crippen LogP contribution in [0.25, 0.3) is 0 Å². The van der Waals surface area contributed by atoms with Crippen molar-refractivity contribution in [2.45, 2.75) is 92.3 Å². The molecule has 3 atom stereocenters. The Bertz CT molecular complexity index is 783. The van der Waals surface area contributed by atoms with Gasteiger partial charge in [0.25, 0.3) is 0 Å². The smallest absolute Gasteiger partial charge is 0.243 e. The largest absolute Gasteiger partial charge is 0.361 e. The maximum atomic E-state index is 12.7. The molecule has 0 unspecified atom stereocenters. The summed E-state index contributed by atoms with van der Waals surface area (Å²) in [5.41, 5.74) is -1.06. The number of hydrogen-bond acceptors (Lipinski definition) is 6. The van der Waals surface area contributed by atoms with Crippen LogP contribution in [-0.2, 0) is 28.7 Å². The average molecular weight is 497 g/mol. The molecule has 4 N–H and O–H groups in total. The molecular weight excluding hydrogens is 452 g/mol. The van der Waals surface area contributed by atoms with Crippen LogP contribution < -0.4 is 21.3 Å². The van der Waals surface area contributed by atoms with Crippen LogP contribution in [0.15, 0.2) is 0 Å².